The Morgan fingerprint density at radius 2 is 0.922 bits per heavy atom. The van der Waals surface area contributed by atoms with Crippen LogP contribution in [-0.4, -0.2) is 62.8 Å². The fourth-order valence-electron chi connectivity index (χ4n) is 10.4. The summed E-state index contributed by atoms with van der Waals surface area (Å²) < 4.78 is 6.52. The average Bonchev–Trinajstić information content (AvgIpc) is 3.73. The zero-order chi connectivity index (χ0) is 43.9. The van der Waals surface area contributed by atoms with Crippen molar-refractivity contribution in [1.82, 2.24) is 0 Å². The third-order valence-corrected chi connectivity index (χ3v) is 13.5. The predicted molar refractivity (Wildman–Crippen MR) is 281 cm³/mol. The molecule has 0 aliphatic heterocycles. The van der Waals surface area contributed by atoms with Gasteiger partial charge in [0.1, 0.15) is 73.8 Å². The summed E-state index contributed by atoms with van der Waals surface area (Å²) in [6.07, 6.45) is 6.19. The molecule has 11 aromatic carbocycles. The molecular weight excluding hydrogens is 763 g/mol. The van der Waals surface area contributed by atoms with Crippen molar-refractivity contribution in [3.63, 3.8) is 0 Å². The highest BCUT2D eigenvalue weighted by molar-refractivity contribution is 6.71. The Morgan fingerprint density at radius 3 is 1.50 bits per heavy atom. The molecule has 12 aromatic rings. The van der Waals surface area contributed by atoms with Crippen molar-refractivity contribution in [3.05, 3.63) is 144 Å². The van der Waals surface area contributed by atoms with Crippen LogP contribution in [0.4, 0.5) is 0 Å². The largest absolute Gasteiger partial charge is 0.455 e. The first kappa shape index (κ1) is 38.8. The molecule has 1 heterocycles. The van der Waals surface area contributed by atoms with Crippen LogP contribution in [0, 0.1) is 12.3 Å². The lowest BCUT2D eigenvalue weighted by Crippen LogP contribution is -2.50. The van der Waals surface area contributed by atoms with Gasteiger partial charge in [-0.2, -0.15) is 0 Å². The van der Waals surface area contributed by atoms with E-state index in [2.05, 4.69) is 133 Å². The number of benzene rings is 11. The van der Waals surface area contributed by atoms with Crippen LogP contribution >= 0.6 is 0 Å². The zero-order valence-corrected chi connectivity index (χ0v) is 34.4. The quantitative estimate of drug-likeness (QED) is 0.141. The molecule has 0 aliphatic carbocycles. The topological polar surface area (TPSA) is 13.1 Å². The van der Waals surface area contributed by atoms with Crippen LogP contribution in [0.25, 0.3) is 120 Å². The van der Waals surface area contributed by atoms with E-state index in [1.54, 1.807) is 0 Å². The van der Waals surface area contributed by atoms with Crippen LogP contribution in [0.15, 0.2) is 132 Å². The minimum absolute atomic E-state index is 0.00610. The molecule has 1 nitrogen and oxygen atoms in total. The van der Waals surface area contributed by atoms with E-state index in [0.717, 1.165) is 38.6 Å². The molecule has 16 radical (unpaired) electrons. The van der Waals surface area contributed by atoms with Crippen LogP contribution in [0.1, 0.15) is 5.56 Å². The Morgan fingerprint density at radius 1 is 0.453 bits per heavy atom. The van der Waals surface area contributed by atoms with Crippen LogP contribution in [0.2, 0.25) is 0 Å². The second-order valence-electron chi connectivity index (χ2n) is 16.8. The van der Waals surface area contributed by atoms with E-state index in [9.17, 15) is 0 Å². The maximum Gasteiger partial charge on any atom is 0.141 e. The number of hydrogen-bond donors (Lipinski definition) is 0. The van der Waals surface area contributed by atoms with Gasteiger partial charge in [0.15, 0.2) is 0 Å². The maximum atomic E-state index is 7.32. The summed E-state index contributed by atoms with van der Waals surface area (Å²) in [7, 11) is 53.3. The lowest BCUT2D eigenvalue weighted by Gasteiger charge is -2.20. The summed E-state index contributed by atoms with van der Waals surface area (Å²) >= 11 is 0. The molecule has 0 spiro atoms. The van der Waals surface area contributed by atoms with Crippen molar-refractivity contribution in [2.24, 2.45) is 0 Å². The summed E-state index contributed by atoms with van der Waals surface area (Å²) in [6, 6.07) is 46.1. The molecule has 9 heteroatoms. The van der Waals surface area contributed by atoms with Crippen LogP contribution in [0.5, 0.6) is 0 Å². The van der Waals surface area contributed by atoms with E-state index in [0.29, 0.717) is 26.8 Å². The van der Waals surface area contributed by atoms with Gasteiger partial charge in [0.25, 0.3) is 0 Å². The second-order valence-corrected chi connectivity index (χ2v) is 16.8. The molecule has 0 atom stereocenters. The molecule has 0 fully saturated rings. The minimum atomic E-state index is 0.00610. The number of hydrogen-bond acceptors (Lipinski definition) is 1. The molecule has 0 N–H and O–H groups in total. The summed E-state index contributed by atoms with van der Waals surface area (Å²) in [5.41, 5.74) is 6.72. The van der Waals surface area contributed by atoms with Crippen molar-refractivity contribution in [2.75, 3.05) is 0 Å². The van der Waals surface area contributed by atoms with Crippen molar-refractivity contribution in [3.8, 4) is 34.6 Å². The van der Waals surface area contributed by atoms with Gasteiger partial charge in [0.2, 0.25) is 0 Å². The molecule has 64 heavy (non-hydrogen) atoms. The molecule has 0 saturated carbocycles. The Balaban J connectivity index is 1.16. The van der Waals surface area contributed by atoms with Crippen molar-refractivity contribution < 1.29 is 4.42 Å². The zero-order valence-electron chi connectivity index (χ0n) is 34.4. The van der Waals surface area contributed by atoms with Gasteiger partial charge >= 0.3 is 0 Å². The van der Waals surface area contributed by atoms with Gasteiger partial charge in [-0.15, -0.1) is 22.8 Å². The minimum Gasteiger partial charge on any atom is -0.455 e. The van der Waals surface area contributed by atoms with E-state index < -0.39 is 0 Å². The van der Waals surface area contributed by atoms with E-state index in [-0.39, 0.29) is 55.7 Å². The summed E-state index contributed by atoms with van der Waals surface area (Å²) in [6.45, 7) is 0. The molecule has 274 valence electrons. The number of rotatable bonds is 4. The number of fused-ring (bicyclic) bond motifs is 3. The van der Waals surface area contributed by atoms with E-state index in [4.69, 9.17) is 73.6 Å². The van der Waals surface area contributed by atoms with Crippen LogP contribution < -0.4 is 43.4 Å². The van der Waals surface area contributed by atoms with E-state index in [1.165, 1.54) is 53.9 Å². The Labute approximate surface area is 379 Å². The van der Waals surface area contributed by atoms with E-state index in [1.807, 2.05) is 0 Å². The summed E-state index contributed by atoms with van der Waals surface area (Å²) in [5, 5.41) is 15.9. The molecule has 12 rings (SSSR count). The first-order valence-electron chi connectivity index (χ1n) is 20.9. The second kappa shape index (κ2) is 14.1. The highest BCUT2D eigenvalue weighted by Gasteiger charge is 2.22. The monoisotopic (exact) mass is 788 g/mol. The molecule has 1 aromatic heterocycles. The van der Waals surface area contributed by atoms with Crippen molar-refractivity contribution in [1.29, 1.82) is 0 Å². The highest BCUT2D eigenvalue weighted by Crippen LogP contribution is 2.44. The Kier molecular flexibility index (Phi) is 8.52. The van der Waals surface area contributed by atoms with Gasteiger partial charge < -0.3 is 4.42 Å². The van der Waals surface area contributed by atoms with Gasteiger partial charge in [-0.25, -0.2) is 0 Å². The average molecular weight is 787 g/mol. The molecule has 0 amide bonds. The summed E-state index contributed by atoms with van der Waals surface area (Å²) in [5.74, 6) is 2.53. The van der Waals surface area contributed by atoms with Crippen molar-refractivity contribution in [2.45, 2.75) is 6.42 Å². The van der Waals surface area contributed by atoms with Crippen LogP contribution in [0.3, 0.4) is 0 Å². The van der Waals surface area contributed by atoms with Gasteiger partial charge in [-0.3, -0.25) is 0 Å². The van der Waals surface area contributed by atoms with Gasteiger partial charge in [-0.05, 0) is 116 Å². The third-order valence-electron chi connectivity index (χ3n) is 13.5. The highest BCUT2D eigenvalue weighted by atomic mass is 16.3. The predicted octanol–water partition coefficient (Wildman–Crippen LogP) is 4.91. The third kappa shape index (κ3) is 5.32. The molecule has 0 bridgehead atoms. The summed E-state index contributed by atoms with van der Waals surface area (Å²) in [4.78, 5) is 0. The molecular formula is C55H24B8O. The Bertz CT molecular complexity index is 4180. The SMILES string of the molecule is [B]/C(Cc1ccc(-c2ccc3ccc4cccc5ccc2c3c45)cc1-c1ccc2ccc3cccc4ccc1c2c34)=c1/c(=C(/[B])C#C)oc2c1c([B])c([B])c1c([B])c([B])c([B])c([B])c12. The van der Waals surface area contributed by atoms with Crippen molar-refractivity contribution >= 4 is 193 Å². The van der Waals surface area contributed by atoms with Crippen LogP contribution in [-0.2, 0) is 6.42 Å². The first-order chi connectivity index (χ1) is 31.0. The Hall–Kier alpha value is -6.88. The molecule has 0 saturated heterocycles. The number of furan rings is 1. The standard InChI is InChI=1S/C55H24B8O/c1-2-38(56)54-44(46-50(60)48(58)45-47(55(46)64-54)51(61)53(63)52(62)49(45)59)39(57)24-32-14-13-31(33-19-15-29-11-9-25-5-3-7-27-17-21-35(33)42(29)40(25)27)23-37(32)34-20-16-30-12-10-26-6-4-8-28-18-22-36(34)43(30)41(26)28/h1,3-23H,24H2/b44-39+,54-38-. The first-order valence-corrected chi connectivity index (χ1v) is 20.9. The smallest absolute Gasteiger partial charge is 0.141 e. The lowest BCUT2D eigenvalue weighted by atomic mass is 9.61. The molecule has 0 unspecified atom stereocenters. The maximum absolute atomic E-state index is 7.32. The van der Waals surface area contributed by atoms with Gasteiger partial charge in [0, 0.05) is 16.0 Å². The fourth-order valence-corrected chi connectivity index (χ4v) is 10.4. The number of terminal acetylenes is 1. The van der Waals surface area contributed by atoms with Gasteiger partial charge in [0.05, 0.1) is 0 Å². The van der Waals surface area contributed by atoms with E-state index >= 15 is 0 Å². The van der Waals surface area contributed by atoms with Gasteiger partial charge in [-0.1, -0.05) is 149 Å². The fraction of sp³-hybridized carbons (Fsp3) is 0.0182. The molecule has 0 aliphatic rings. The lowest BCUT2D eigenvalue weighted by molar-refractivity contribution is 0.578. The normalized spacial score (nSPS) is 13.1.